The molecular formula is C24H28FN7O. The van der Waals surface area contributed by atoms with Crippen LogP contribution < -0.4 is 22.1 Å². The third-order valence-electron chi connectivity index (χ3n) is 5.75. The van der Waals surface area contributed by atoms with Crippen molar-refractivity contribution < 1.29 is 9.18 Å². The fourth-order valence-electron chi connectivity index (χ4n) is 4.17. The molecule has 2 aromatic carbocycles. The molecule has 1 aromatic heterocycles. The van der Waals surface area contributed by atoms with Gasteiger partial charge >= 0.3 is 0 Å². The van der Waals surface area contributed by atoms with E-state index in [0.29, 0.717) is 16.9 Å². The molecule has 0 saturated heterocycles. The third-order valence-corrected chi connectivity index (χ3v) is 5.75. The van der Waals surface area contributed by atoms with Crippen molar-refractivity contribution in [1.82, 2.24) is 9.97 Å². The lowest BCUT2D eigenvalue weighted by molar-refractivity contribution is -0.115. The lowest BCUT2D eigenvalue weighted by Crippen LogP contribution is -2.38. The van der Waals surface area contributed by atoms with Gasteiger partial charge in [0.05, 0.1) is 24.0 Å². The standard InChI is InChI=1S/C24H28FN7O/c1-14-6-11-18-17(12-14)22(28-19-4-2-3-5-20(19)29-23(26)27)32-24(30-18)31-21(33)13-15-7-9-16(25)10-8-15/h6-12,19-20H,2-5,13H2,1H3,(H4,26,27,29)(H2,28,30,31,32,33). The van der Waals surface area contributed by atoms with E-state index < -0.39 is 0 Å². The van der Waals surface area contributed by atoms with E-state index in [0.717, 1.165) is 36.6 Å². The molecule has 1 aliphatic rings. The fourth-order valence-corrected chi connectivity index (χ4v) is 4.17. The molecule has 0 bridgehead atoms. The van der Waals surface area contributed by atoms with Crippen LogP contribution in [0.2, 0.25) is 0 Å². The number of hydrogen-bond donors (Lipinski definition) is 4. The minimum absolute atomic E-state index is 0.0160. The summed E-state index contributed by atoms with van der Waals surface area (Å²) in [6.45, 7) is 2.00. The van der Waals surface area contributed by atoms with Crippen LogP contribution in [0.5, 0.6) is 0 Å². The molecule has 2 unspecified atom stereocenters. The summed E-state index contributed by atoms with van der Waals surface area (Å²) in [6, 6.07) is 11.7. The average Bonchev–Trinajstić information content (AvgIpc) is 2.77. The largest absolute Gasteiger partial charge is 0.370 e. The van der Waals surface area contributed by atoms with Crippen molar-refractivity contribution in [3.05, 3.63) is 59.4 Å². The summed E-state index contributed by atoms with van der Waals surface area (Å²) >= 11 is 0. The summed E-state index contributed by atoms with van der Waals surface area (Å²) in [6.07, 6.45) is 4.02. The Morgan fingerprint density at radius 1 is 1.12 bits per heavy atom. The van der Waals surface area contributed by atoms with Gasteiger partial charge < -0.3 is 16.8 Å². The number of amides is 1. The number of nitrogens with zero attached hydrogens (tertiary/aromatic N) is 3. The molecule has 1 heterocycles. The van der Waals surface area contributed by atoms with Gasteiger partial charge in [0.1, 0.15) is 11.6 Å². The van der Waals surface area contributed by atoms with Gasteiger partial charge in [-0.15, -0.1) is 0 Å². The molecule has 0 radical (unpaired) electrons. The number of rotatable bonds is 6. The number of aryl methyl sites for hydroxylation is 1. The van der Waals surface area contributed by atoms with Crippen molar-refractivity contribution in [3.63, 3.8) is 0 Å². The zero-order valence-electron chi connectivity index (χ0n) is 18.5. The summed E-state index contributed by atoms with van der Waals surface area (Å²) in [5, 5.41) is 7.15. The van der Waals surface area contributed by atoms with Gasteiger partial charge in [0.2, 0.25) is 11.9 Å². The van der Waals surface area contributed by atoms with Crippen LogP contribution in [0.3, 0.4) is 0 Å². The number of hydrogen-bond acceptors (Lipinski definition) is 5. The van der Waals surface area contributed by atoms with E-state index in [9.17, 15) is 9.18 Å². The molecule has 6 N–H and O–H groups in total. The predicted octanol–water partition coefficient (Wildman–Crippen LogP) is 3.26. The van der Waals surface area contributed by atoms with Crippen molar-refractivity contribution in [1.29, 1.82) is 0 Å². The Hall–Kier alpha value is -3.75. The summed E-state index contributed by atoms with van der Waals surface area (Å²) in [7, 11) is 0. The highest BCUT2D eigenvalue weighted by molar-refractivity contribution is 5.95. The molecule has 0 aliphatic heterocycles. The number of guanidine groups is 1. The van der Waals surface area contributed by atoms with Crippen molar-refractivity contribution >= 4 is 34.5 Å². The zero-order chi connectivity index (χ0) is 23.4. The number of carbonyl (C=O) groups excluding carboxylic acids is 1. The number of anilines is 2. The average molecular weight is 450 g/mol. The highest BCUT2D eigenvalue weighted by atomic mass is 19.1. The molecule has 0 spiro atoms. The number of nitrogens with two attached hydrogens (primary N) is 2. The van der Waals surface area contributed by atoms with Gasteiger partial charge in [-0.05, 0) is 49.6 Å². The molecule has 33 heavy (non-hydrogen) atoms. The summed E-state index contributed by atoms with van der Waals surface area (Å²) < 4.78 is 13.1. The minimum atomic E-state index is -0.343. The molecule has 1 aliphatic carbocycles. The molecule has 2 atom stereocenters. The second-order valence-electron chi connectivity index (χ2n) is 8.42. The molecule has 3 aromatic rings. The number of benzene rings is 2. The lowest BCUT2D eigenvalue weighted by Gasteiger charge is -2.30. The van der Waals surface area contributed by atoms with Crippen LogP contribution in [0, 0.1) is 12.7 Å². The molecule has 9 heteroatoms. The van der Waals surface area contributed by atoms with Gasteiger partial charge in [-0.25, -0.2) is 14.4 Å². The fraction of sp³-hybridized carbons (Fsp3) is 0.333. The number of halogens is 1. The molecular weight excluding hydrogens is 421 g/mol. The molecule has 1 fully saturated rings. The monoisotopic (exact) mass is 449 g/mol. The van der Waals surface area contributed by atoms with E-state index in [1.165, 1.54) is 12.1 Å². The van der Waals surface area contributed by atoms with Gasteiger partial charge in [-0.2, -0.15) is 4.98 Å². The zero-order valence-corrected chi connectivity index (χ0v) is 18.5. The highest BCUT2D eigenvalue weighted by Gasteiger charge is 2.26. The Labute approximate surface area is 191 Å². The predicted molar refractivity (Wildman–Crippen MR) is 128 cm³/mol. The van der Waals surface area contributed by atoms with Gasteiger partial charge in [-0.3, -0.25) is 10.1 Å². The summed E-state index contributed by atoms with van der Waals surface area (Å²) in [4.78, 5) is 26.1. The Morgan fingerprint density at radius 3 is 2.64 bits per heavy atom. The van der Waals surface area contributed by atoms with E-state index in [4.69, 9.17) is 11.5 Å². The van der Waals surface area contributed by atoms with Crippen LogP contribution in [-0.4, -0.2) is 33.9 Å². The minimum Gasteiger partial charge on any atom is -0.370 e. The Kier molecular flexibility index (Phi) is 6.67. The first-order valence-corrected chi connectivity index (χ1v) is 11.1. The first kappa shape index (κ1) is 22.4. The number of nitrogens with one attached hydrogen (secondary N) is 2. The van der Waals surface area contributed by atoms with Crippen molar-refractivity contribution in [2.75, 3.05) is 10.6 Å². The second-order valence-corrected chi connectivity index (χ2v) is 8.42. The van der Waals surface area contributed by atoms with E-state index in [-0.39, 0.29) is 42.1 Å². The maximum absolute atomic E-state index is 13.1. The molecule has 1 amide bonds. The number of fused-ring (bicyclic) bond motifs is 1. The summed E-state index contributed by atoms with van der Waals surface area (Å²) in [5.74, 6) is 0.282. The topological polar surface area (TPSA) is 131 Å². The Balaban J connectivity index is 1.61. The quantitative estimate of drug-likeness (QED) is 0.337. The molecule has 8 nitrogen and oxygen atoms in total. The van der Waals surface area contributed by atoms with Crippen molar-refractivity contribution in [2.24, 2.45) is 16.5 Å². The van der Waals surface area contributed by atoms with Crippen LogP contribution >= 0.6 is 0 Å². The number of aromatic nitrogens is 2. The second kappa shape index (κ2) is 9.81. The maximum atomic E-state index is 13.1. The number of carbonyl (C=O) groups is 1. The van der Waals surface area contributed by atoms with E-state index in [2.05, 4.69) is 25.6 Å². The smallest absolute Gasteiger partial charge is 0.231 e. The highest BCUT2D eigenvalue weighted by Crippen LogP contribution is 2.29. The Morgan fingerprint density at radius 2 is 1.88 bits per heavy atom. The lowest BCUT2D eigenvalue weighted by atomic mass is 9.90. The van der Waals surface area contributed by atoms with Crippen LogP contribution in [0.1, 0.15) is 36.8 Å². The third kappa shape index (κ3) is 5.74. The van der Waals surface area contributed by atoms with Crippen molar-refractivity contribution in [2.45, 2.75) is 51.1 Å². The van der Waals surface area contributed by atoms with E-state index >= 15 is 0 Å². The van der Waals surface area contributed by atoms with Crippen LogP contribution in [0.25, 0.3) is 10.9 Å². The number of aliphatic imine (C=N–C) groups is 1. The van der Waals surface area contributed by atoms with Gasteiger partial charge in [0.15, 0.2) is 5.96 Å². The van der Waals surface area contributed by atoms with Crippen molar-refractivity contribution in [3.8, 4) is 0 Å². The first-order chi connectivity index (χ1) is 15.9. The van der Waals surface area contributed by atoms with E-state index in [1.54, 1.807) is 12.1 Å². The Bertz CT molecular complexity index is 1180. The summed E-state index contributed by atoms with van der Waals surface area (Å²) in [5.41, 5.74) is 13.8. The van der Waals surface area contributed by atoms with Gasteiger partial charge in [-0.1, -0.05) is 36.6 Å². The van der Waals surface area contributed by atoms with Crippen LogP contribution in [0.4, 0.5) is 16.2 Å². The van der Waals surface area contributed by atoms with Gasteiger partial charge in [0, 0.05) is 5.39 Å². The van der Waals surface area contributed by atoms with Gasteiger partial charge in [0.25, 0.3) is 0 Å². The normalized spacial score (nSPS) is 18.0. The maximum Gasteiger partial charge on any atom is 0.231 e. The SMILES string of the molecule is Cc1ccc2nc(NC(=O)Cc3ccc(F)cc3)nc(NC3CCCCC3N=C(N)N)c2c1. The molecule has 4 rings (SSSR count). The van der Waals surface area contributed by atoms with Crippen LogP contribution in [-0.2, 0) is 11.2 Å². The molecule has 1 saturated carbocycles. The van der Waals surface area contributed by atoms with Crippen LogP contribution in [0.15, 0.2) is 47.5 Å². The van der Waals surface area contributed by atoms with E-state index in [1.807, 2.05) is 25.1 Å². The first-order valence-electron chi connectivity index (χ1n) is 11.1. The molecule has 172 valence electrons.